The molecule has 0 fully saturated rings. The zero-order valence-corrected chi connectivity index (χ0v) is 11.4. The molecule has 0 aliphatic carbocycles. The molecule has 2 aromatic heterocycles. The van der Waals surface area contributed by atoms with Crippen LogP contribution in [0.5, 0.6) is 0 Å². The number of nitrogens with zero attached hydrogens (tertiary/aromatic N) is 4. The quantitative estimate of drug-likeness (QED) is 0.778. The minimum atomic E-state index is 0.295. The lowest BCUT2D eigenvalue weighted by Gasteiger charge is -2.04. The highest BCUT2D eigenvalue weighted by Gasteiger charge is 2.13. The molecule has 3 rings (SSSR count). The molecule has 0 aliphatic heterocycles. The Balaban J connectivity index is 1.91. The maximum Gasteiger partial charge on any atom is 0.278 e. The third kappa shape index (κ3) is 2.50. The molecular formula is C14H15N5O. The lowest BCUT2D eigenvalue weighted by Crippen LogP contribution is -2.24. The van der Waals surface area contributed by atoms with Gasteiger partial charge in [-0.3, -0.25) is 4.98 Å². The first-order valence-electron chi connectivity index (χ1n) is 6.48. The number of hydrogen-bond acceptors (Lipinski definition) is 6. The molecular weight excluding hydrogens is 254 g/mol. The average molecular weight is 269 g/mol. The molecule has 0 bridgehead atoms. The second kappa shape index (κ2) is 5.34. The van der Waals surface area contributed by atoms with Gasteiger partial charge in [0, 0.05) is 12.5 Å². The van der Waals surface area contributed by atoms with E-state index in [9.17, 15) is 0 Å². The zero-order valence-electron chi connectivity index (χ0n) is 11.4. The van der Waals surface area contributed by atoms with E-state index in [4.69, 9.17) is 4.52 Å². The summed E-state index contributed by atoms with van der Waals surface area (Å²) < 4.78 is 5.25. The van der Waals surface area contributed by atoms with Gasteiger partial charge in [0.05, 0.1) is 17.2 Å². The molecule has 1 atom stereocenters. The largest absolute Gasteiger partial charge is 0.332 e. The van der Waals surface area contributed by atoms with Crippen molar-refractivity contribution in [3.8, 4) is 11.6 Å². The fourth-order valence-electron chi connectivity index (χ4n) is 1.88. The molecule has 0 amide bonds. The number of hydrogen-bond donors (Lipinski definition) is 1. The Kier molecular flexibility index (Phi) is 3.39. The first-order chi connectivity index (χ1) is 9.76. The van der Waals surface area contributed by atoms with Crippen molar-refractivity contribution in [2.75, 3.05) is 7.05 Å². The van der Waals surface area contributed by atoms with Crippen LogP contribution in [0, 0.1) is 0 Å². The van der Waals surface area contributed by atoms with Gasteiger partial charge in [0.25, 0.3) is 5.89 Å². The normalized spacial score (nSPS) is 12.7. The Morgan fingerprint density at radius 1 is 1.20 bits per heavy atom. The molecule has 20 heavy (non-hydrogen) atoms. The molecule has 0 saturated carbocycles. The van der Waals surface area contributed by atoms with E-state index in [1.54, 1.807) is 6.20 Å². The predicted octanol–water partition coefficient (Wildman–Crippen LogP) is 1.83. The fourth-order valence-corrected chi connectivity index (χ4v) is 1.88. The summed E-state index contributed by atoms with van der Waals surface area (Å²) in [6, 6.07) is 7.98. The molecule has 6 heteroatoms. The Labute approximate surface area is 116 Å². The van der Waals surface area contributed by atoms with E-state index < -0.39 is 0 Å². The van der Waals surface area contributed by atoms with E-state index in [1.807, 2.05) is 31.3 Å². The number of fused-ring (bicyclic) bond motifs is 1. The van der Waals surface area contributed by atoms with Gasteiger partial charge in [0.15, 0.2) is 5.82 Å². The fraction of sp³-hybridized carbons (Fsp3) is 0.286. The average Bonchev–Trinajstić information content (AvgIpc) is 2.95. The van der Waals surface area contributed by atoms with Crippen LogP contribution in [-0.2, 0) is 6.42 Å². The van der Waals surface area contributed by atoms with Gasteiger partial charge in [-0.05, 0) is 26.1 Å². The summed E-state index contributed by atoms with van der Waals surface area (Å²) in [5, 5.41) is 7.10. The summed E-state index contributed by atoms with van der Waals surface area (Å²) in [6.07, 6.45) is 2.36. The van der Waals surface area contributed by atoms with Crippen molar-refractivity contribution in [1.82, 2.24) is 25.4 Å². The second-order valence-electron chi connectivity index (χ2n) is 4.65. The van der Waals surface area contributed by atoms with Crippen LogP contribution < -0.4 is 5.32 Å². The van der Waals surface area contributed by atoms with Crippen molar-refractivity contribution in [2.24, 2.45) is 0 Å². The summed E-state index contributed by atoms with van der Waals surface area (Å²) in [6.45, 7) is 2.06. The highest BCUT2D eigenvalue weighted by molar-refractivity contribution is 5.75. The van der Waals surface area contributed by atoms with E-state index >= 15 is 0 Å². The van der Waals surface area contributed by atoms with Crippen LogP contribution in [0.1, 0.15) is 12.7 Å². The molecule has 3 aromatic rings. The smallest absolute Gasteiger partial charge is 0.278 e. The first kappa shape index (κ1) is 12.7. The molecule has 1 N–H and O–H groups in total. The Hall–Kier alpha value is -2.34. The summed E-state index contributed by atoms with van der Waals surface area (Å²) >= 11 is 0. The highest BCUT2D eigenvalue weighted by atomic mass is 16.5. The molecule has 0 saturated heterocycles. The summed E-state index contributed by atoms with van der Waals surface area (Å²) in [5.41, 5.74) is 2.26. The van der Waals surface area contributed by atoms with Gasteiger partial charge in [-0.25, -0.2) is 4.98 Å². The van der Waals surface area contributed by atoms with Gasteiger partial charge in [0.1, 0.15) is 5.69 Å². The molecule has 102 valence electrons. The number of benzene rings is 1. The van der Waals surface area contributed by atoms with E-state index in [1.165, 1.54) is 0 Å². The summed E-state index contributed by atoms with van der Waals surface area (Å²) in [4.78, 5) is 13.2. The molecule has 1 aromatic carbocycles. The first-order valence-corrected chi connectivity index (χ1v) is 6.48. The van der Waals surface area contributed by atoms with Gasteiger partial charge in [-0.1, -0.05) is 17.3 Å². The Morgan fingerprint density at radius 2 is 2.00 bits per heavy atom. The van der Waals surface area contributed by atoms with Crippen LogP contribution in [0.25, 0.3) is 22.6 Å². The van der Waals surface area contributed by atoms with E-state index in [2.05, 4.69) is 32.3 Å². The maximum absolute atomic E-state index is 5.25. The maximum atomic E-state index is 5.25. The summed E-state index contributed by atoms with van der Waals surface area (Å²) in [5.74, 6) is 1.07. The zero-order chi connectivity index (χ0) is 13.9. The van der Waals surface area contributed by atoms with Gasteiger partial charge >= 0.3 is 0 Å². The van der Waals surface area contributed by atoms with Gasteiger partial charge in [-0.2, -0.15) is 4.98 Å². The Morgan fingerprint density at radius 3 is 2.80 bits per heavy atom. The van der Waals surface area contributed by atoms with Crippen molar-refractivity contribution in [3.05, 3.63) is 36.3 Å². The highest BCUT2D eigenvalue weighted by Crippen LogP contribution is 2.17. The van der Waals surface area contributed by atoms with Crippen molar-refractivity contribution in [3.63, 3.8) is 0 Å². The van der Waals surface area contributed by atoms with Crippen molar-refractivity contribution >= 4 is 11.0 Å². The number of likely N-dealkylation sites (N-methyl/N-ethyl adjacent to an activating group) is 1. The van der Waals surface area contributed by atoms with Crippen molar-refractivity contribution in [2.45, 2.75) is 19.4 Å². The molecule has 0 spiro atoms. The third-order valence-corrected chi connectivity index (χ3v) is 3.12. The number of para-hydroxylation sites is 2. The minimum Gasteiger partial charge on any atom is -0.332 e. The third-order valence-electron chi connectivity index (χ3n) is 3.12. The van der Waals surface area contributed by atoms with Crippen LogP contribution >= 0.6 is 0 Å². The molecule has 2 heterocycles. The van der Waals surface area contributed by atoms with Crippen LogP contribution in [0.2, 0.25) is 0 Å². The van der Waals surface area contributed by atoms with Crippen molar-refractivity contribution in [1.29, 1.82) is 0 Å². The number of nitrogens with one attached hydrogen (secondary N) is 1. The number of rotatable bonds is 4. The van der Waals surface area contributed by atoms with Gasteiger partial charge in [-0.15, -0.1) is 0 Å². The predicted molar refractivity (Wildman–Crippen MR) is 75.1 cm³/mol. The van der Waals surface area contributed by atoms with Crippen LogP contribution in [-0.4, -0.2) is 33.2 Å². The second-order valence-corrected chi connectivity index (χ2v) is 4.65. The van der Waals surface area contributed by atoms with Crippen LogP contribution in [0.4, 0.5) is 0 Å². The molecule has 6 nitrogen and oxygen atoms in total. The SMILES string of the molecule is CNC(C)Cc1noc(-c2cnc3ccccc3n2)n1. The Bertz CT molecular complexity index is 724. The van der Waals surface area contributed by atoms with Crippen LogP contribution in [0.15, 0.2) is 35.0 Å². The van der Waals surface area contributed by atoms with Crippen LogP contribution in [0.3, 0.4) is 0 Å². The lowest BCUT2D eigenvalue weighted by molar-refractivity contribution is 0.417. The van der Waals surface area contributed by atoms with Crippen molar-refractivity contribution < 1.29 is 4.52 Å². The standard InChI is InChI=1S/C14H15N5O/c1-9(15-2)7-13-18-14(20-19-13)12-8-16-10-5-3-4-6-11(10)17-12/h3-6,8-9,15H,7H2,1-2H3. The molecule has 0 aliphatic rings. The van der Waals surface area contributed by atoms with E-state index in [-0.39, 0.29) is 0 Å². The topological polar surface area (TPSA) is 76.7 Å². The lowest BCUT2D eigenvalue weighted by atomic mass is 10.2. The van der Waals surface area contributed by atoms with Gasteiger partial charge < -0.3 is 9.84 Å². The molecule has 1 unspecified atom stereocenters. The number of aromatic nitrogens is 4. The monoisotopic (exact) mass is 269 g/mol. The minimum absolute atomic E-state index is 0.295. The van der Waals surface area contributed by atoms with E-state index in [0.717, 1.165) is 11.0 Å². The summed E-state index contributed by atoms with van der Waals surface area (Å²) in [7, 11) is 1.90. The molecule has 0 radical (unpaired) electrons. The van der Waals surface area contributed by atoms with E-state index in [0.29, 0.717) is 29.9 Å². The van der Waals surface area contributed by atoms with Gasteiger partial charge in [0.2, 0.25) is 0 Å².